The molecule has 0 N–H and O–H groups in total. The van der Waals surface area contributed by atoms with E-state index in [0.717, 1.165) is 26.1 Å². The maximum atomic E-state index is 6.17. The van der Waals surface area contributed by atoms with Crippen LogP contribution >= 0.6 is 0 Å². The number of methoxy groups -OCH3 is 1. The summed E-state index contributed by atoms with van der Waals surface area (Å²) >= 11 is -2.40. The van der Waals surface area contributed by atoms with Crippen LogP contribution in [-0.2, 0) is 9.47 Å². The van der Waals surface area contributed by atoms with Gasteiger partial charge in [0, 0.05) is 0 Å². The third-order valence-electron chi connectivity index (χ3n) is 3.47. The van der Waals surface area contributed by atoms with Crippen molar-refractivity contribution in [2.75, 3.05) is 20.3 Å². The Morgan fingerprint density at radius 1 is 1.15 bits per heavy atom. The van der Waals surface area contributed by atoms with Gasteiger partial charge in [0.2, 0.25) is 0 Å². The van der Waals surface area contributed by atoms with Crippen LogP contribution in [-0.4, -0.2) is 38.7 Å². The third-order valence-corrected chi connectivity index (χ3v) is 8.42. The van der Waals surface area contributed by atoms with Crippen LogP contribution in [0.3, 0.4) is 0 Å². The minimum atomic E-state index is -2.40. The van der Waals surface area contributed by atoms with Gasteiger partial charge in [0.1, 0.15) is 0 Å². The molecule has 1 aromatic carbocycles. The molecule has 2 aromatic rings. The summed E-state index contributed by atoms with van der Waals surface area (Å²) in [6.07, 6.45) is -0.282. The number of fused-ring (bicyclic) bond motifs is 1. The molecule has 3 rings (SSSR count). The Balaban J connectivity index is 2.22. The molecule has 0 radical (unpaired) electrons. The SMILES string of the molecule is COc1ccc2c(C3OCCO3)[c]([Sn]([CH3])([CH3])[CH3])oc2c1. The third kappa shape index (κ3) is 2.44. The van der Waals surface area contributed by atoms with Crippen LogP contribution in [0.1, 0.15) is 11.9 Å². The molecule has 0 spiro atoms. The van der Waals surface area contributed by atoms with Gasteiger partial charge in [0.15, 0.2) is 0 Å². The number of hydrogen-bond acceptors (Lipinski definition) is 4. The van der Waals surface area contributed by atoms with E-state index in [1.807, 2.05) is 18.2 Å². The number of ether oxygens (including phenoxy) is 3. The molecule has 1 aromatic heterocycles. The molecule has 0 atom stereocenters. The molecule has 1 aliphatic rings. The Morgan fingerprint density at radius 3 is 2.45 bits per heavy atom. The van der Waals surface area contributed by atoms with E-state index >= 15 is 0 Å². The zero-order valence-corrected chi connectivity index (χ0v) is 15.2. The van der Waals surface area contributed by atoms with E-state index in [9.17, 15) is 0 Å². The molecule has 0 amide bonds. The number of furan rings is 1. The predicted octanol–water partition coefficient (Wildman–Crippen LogP) is 3.03. The fourth-order valence-corrected chi connectivity index (χ4v) is 6.75. The Kier molecular flexibility index (Phi) is 3.73. The average molecular weight is 383 g/mol. The molecular formula is C15H20O4Sn. The molecule has 0 bridgehead atoms. The van der Waals surface area contributed by atoms with Crippen LogP contribution in [0.15, 0.2) is 22.6 Å². The van der Waals surface area contributed by atoms with E-state index in [1.54, 1.807) is 7.11 Å². The normalized spacial score (nSPS) is 17.0. The summed E-state index contributed by atoms with van der Waals surface area (Å²) in [5, 5.41) is 1.08. The van der Waals surface area contributed by atoms with Gasteiger partial charge in [0.25, 0.3) is 0 Å². The van der Waals surface area contributed by atoms with Crippen LogP contribution in [0.5, 0.6) is 5.75 Å². The summed E-state index contributed by atoms with van der Waals surface area (Å²) < 4.78 is 24.0. The second-order valence-corrected chi connectivity index (χ2v) is 20.2. The van der Waals surface area contributed by atoms with Crippen LogP contribution < -0.4 is 8.51 Å². The van der Waals surface area contributed by atoms with E-state index < -0.39 is 18.4 Å². The summed E-state index contributed by atoms with van der Waals surface area (Å²) in [7, 11) is 1.66. The molecule has 2 heterocycles. The summed E-state index contributed by atoms with van der Waals surface area (Å²) in [6.45, 7) is 1.29. The van der Waals surface area contributed by atoms with Gasteiger partial charge in [-0.15, -0.1) is 0 Å². The van der Waals surface area contributed by atoms with E-state index in [4.69, 9.17) is 18.6 Å². The van der Waals surface area contributed by atoms with E-state index in [-0.39, 0.29) is 6.29 Å². The van der Waals surface area contributed by atoms with Crippen molar-refractivity contribution < 1.29 is 18.6 Å². The molecule has 5 heteroatoms. The van der Waals surface area contributed by atoms with Gasteiger partial charge in [-0.05, 0) is 0 Å². The van der Waals surface area contributed by atoms with Crippen LogP contribution in [0.4, 0.5) is 0 Å². The second kappa shape index (κ2) is 5.24. The molecule has 0 unspecified atom stereocenters. The van der Waals surface area contributed by atoms with Gasteiger partial charge in [-0.3, -0.25) is 0 Å². The minimum absolute atomic E-state index is 0.282. The molecule has 0 aliphatic carbocycles. The molecule has 1 aliphatic heterocycles. The zero-order chi connectivity index (χ0) is 14.3. The van der Waals surface area contributed by atoms with Gasteiger partial charge < -0.3 is 0 Å². The van der Waals surface area contributed by atoms with Crippen molar-refractivity contribution in [3.63, 3.8) is 0 Å². The summed E-state index contributed by atoms with van der Waals surface area (Å²) in [5.41, 5.74) is 1.96. The Hall–Kier alpha value is -0.721. The first-order chi connectivity index (χ1) is 9.50. The van der Waals surface area contributed by atoms with Crippen molar-refractivity contribution in [3.8, 4) is 5.75 Å². The first kappa shape index (κ1) is 14.2. The van der Waals surface area contributed by atoms with Crippen molar-refractivity contribution in [2.24, 2.45) is 0 Å². The number of hydrogen-bond donors (Lipinski definition) is 0. The van der Waals surface area contributed by atoms with Crippen LogP contribution in [0, 0.1) is 0 Å². The predicted molar refractivity (Wildman–Crippen MR) is 80.4 cm³/mol. The molecule has 4 nitrogen and oxygen atoms in total. The van der Waals surface area contributed by atoms with Crippen molar-refractivity contribution in [1.82, 2.24) is 0 Å². The Labute approximate surface area is 122 Å². The van der Waals surface area contributed by atoms with Crippen LogP contribution in [0.25, 0.3) is 11.0 Å². The molecule has 1 saturated heterocycles. The maximum absolute atomic E-state index is 6.17. The average Bonchev–Trinajstić information content (AvgIpc) is 3.03. The Morgan fingerprint density at radius 2 is 1.85 bits per heavy atom. The first-order valence-corrected chi connectivity index (χ1v) is 16.8. The first-order valence-electron chi connectivity index (χ1n) is 6.85. The molecule has 1 fully saturated rings. The van der Waals surface area contributed by atoms with Crippen molar-refractivity contribution in [2.45, 2.75) is 21.1 Å². The van der Waals surface area contributed by atoms with Gasteiger partial charge in [-0.2, -0.15) is 0 Å². The molecule has 20 heavy (non-hydrogen) atoms. The topological polar surface area (TPSA) is 40.8 Å². The Bertz CT molecular complexity index is 621. The van der Waals surface area contributed by atoms with E-state index in [0.29, 0.717) is 13.2 Å². The number of benzene rings is 1. The van der Waals surface area contributed by atoms with Crippen molar-refractivity contribution in [1.29, 1.82) is 0 Å². The van der Waals surface area contributed by atoms with Gasteiger partial charge in [-0.1, -0.05) is 0 Å². The van der Waals surface area contributed by atoms with Gasteiger partial charge in [-0.25, -0.2) is 0 Å². The van der Waals surface area contributed by atoms with Crippen molar-refractivity contribution in [3.05, 3.63) is 23.8 Å². The standard InChI is InChI=1S/C12H11O4.3CH3.Sn/c1-13-8-2-3-9-10(7-16-11(9)6-8)12-14-4-5-15-12;;;;/h2-3,6,12H,4-5H2,1H3;3*1H3;. The zero-order valence-electron chi connectivity index (χ0n) is 12.4. The molecule has 0 saturated carbocycles. The van der Waals surface area contributed by atoms with Gasteiger partial charge in [0.05, 0.1) is 0 Å². The summed E-state index contributed by atoms with van der Waals surface area (Å²) in [6, 6.07) is 5.94. The number of rotatable bonds is 3. The van der Waals surface area contributed by atoms with E-state index in [2.05, 4.69) is 14.8 Å². The molecular weight excluding hydrogens is 363 g/mol. The summed E-state index contributed by atoms with van der Waals surface area (Å²) in [5.74, 6) is 0.807. The van der Waals surface area contributed by atoms with Gasteiger partial charge >= 0.3 is 123 Å². The second-order valence-electron chi connectivity index (χ2n) is 6.03. The van der Waals surface area contributed by atoms with E-state index in [1.165, 1.54) is 0 Å². The molecule has 108 valence electrons. The van der Waals surface area contributed by atoms with Crippen molar-refractivity contribution >= 4 is 33.1 Å². The summed E-state index contributed by atoms with van der Waals surface area (Å²) in [4.78, 5) is 7.01. The monoisotopic (exact) mass is 384 g/mol. The van der Waals surface area contributed by atoms with Crippen LogP contribution in [0.2, 0.25) is 14.8 Å². The fourth-order valence-electron chi connectivity index (χ4n) is 2.54. The quantitative estimate of drug-likeness (QED) is 0.765. The fraction of sp³-hybridized carbons (Fsp3) is 0.467.